The molecular formula is C27H29N5O2. The minimum Gasteiger partial charge on any atom is -0.390 e. The molecule has 0 radical (unpaired) electrons. The number of benzene rings is 2. The van der Waals surface area contributed by atoms with Crippen molar-refractivity contribution in [2.45, 2.75) is 26.5 Å². The Labute approximate surface area is 198 Å². The first-order valence-electron chi connectivity index (χ1n) is 11.7. The number of hydrogen-bond acceptors (Lipinski definition) is 5. The number of nitrogens with zero attached hydrogens (tertiary/aromatic N) is 5. The Morgan fingerprint density at radius 3 is 2.32 bits per heavy atom. The molecule has 0 aliphatic carbocycles. The number of pyridine rings is 1. The number of aliphatic hydroxyl groups is 1. The van der Waals surface area contributed by atoms with E-state index in [1.165, 1.54) is 17.3 Å². The van der Waals surface area contributed by atoms with Crippen molar-refractivity contribution in [3.63, 3.8) is 0 Å². The molecule has 0 unspecified atom stereocenters. The molecule has 0 amide bonds. The summed E-state index contributed by atoms with van der Waals surface area (Å²) in [6.07, 6.45) is -0.633. The maximum absolute atomic E-state index is 12.8. The Kier molecular flexibility index (Phi) is 5.86. The number of imidazole rings is 1. The van der Waals surface area contributed by atoms with Crippen molar-refractivity contribution in [3.8, 4) is 6.07 Å². The number of hydrogen-bond donors (Lipinski definition) is 1. The predicted molar refractivity (Wildman–Crippen MR) is 134 cm³/mol. The van der Waals surface area contributed by atoms with E-state index in [2.05, 4.69) is 47.1 Å². The van der Waals surface area contributed by atoms with E-state index in [9.17, 15) is 15.2 Å². The third-order valence-corrected chi connectivity index (χ3v) is 6.86. The van der Waals surface area contributed by atoms with Gasteiger partial charge in [-0.3, -0.25) is 14.1 Å². The van der Waals surface area contributed by atoms with Crippen molar-refractivity contribution in [2.75, 3.05) is 37.6 Å². The van der Waals surface area contributed by atoms with Crippen molar-refractivity contribution >= 4 is 22.4 Å². The summed E-state index contributed by atoms with van der Waals surface area (Å²) in [6.45, 7) is 8.36. The summed E-state index contributed by atoms with van der Waals surface area (Å²) in [7, 11) is 0. The van der Waals surface area contributed by atoms with Crippen molar-refractivity contribution < 1.29 is 5.11 Å². The van der Waals surface area contributed by atoms with E-state index >= 15 is 0 Å². The molecule has 4 aromatic rings. The summed E-state index contributed by atoms with van der Waals surface area (Å²) >= 11 is 0. The highest BCUT2D eigenvalue weighted by Crippen LogP contribution is 2.25. The Balaban J connectivity index is 1.38. The Hall–Kier alpha value is -3.60. The number of piperazine rings is 1. The fraction of sp³-hybridized carbons (Fsp3) is 0.333. The first kappa shape index (κ1) is 22.2. The molecule has 2 aromatic heterocycles. The smallest absolute Gasteiger partial charge is 0.257 e. The van der Waals surface area contributed by atoms with Crippen molar-refractivity contribution in [1.82, 2.24) is 13.9 Å². The zero-order chi connectivity index (χ0) is 23.8. The second kappa shape index (κ2) is 8.98. The lowest BCUT2D eigenvalue weighted by Crippen LogP contribution is -2.49. The zero-order valence-corrected chi connectivity index (χ0v) is 19.6. The molecule has 174 valence electrons. The van der Waals surface area contributed by atoms with Gasteiger partial charge in [-0.1, -0.05) is 30.3 Å². The fourth-order valence-corrected chi connectivity index (χ4v) is 5.18. The van der Waals surface area contributed by atoms with Crippen LogP contribution in [0.1, 0.15) is 16.7 Å². The van der Waals surface area contributed by atoms with Gasteiger partial charge in [0.2, 0.25) is 0 Å². The van der Waals surface area contributed by atoms with E-state index in [0.29, 0.717) is 29.9 Å². The summed E-state index contributed by atoms with van der Waals surface area (Å²) < 4.78 is 3.52. The highest BCUT2D eigenvalue weighted by molar-refractivity contribution is 5.84. The van der Waals surface area contributed by atoms with E-state index in [0.717, 1.165) is 37.2 Å². The lowest BCUT2D eigenvalue weighted by Gasteiger charge is -2.37. The van der Waals surface area contributed by atoms with Gasteiger partial charge in [-0.2, -0.15) is 5.26 Å². The third-order valence-electron chi connectivity index (χ3n) is 6.86. The van der Waals surface area contributed by atoms with Gasteiger partial charge in [0.25, 0.3) is 5.56 Å². The van der Waals surface area contributed by atoms with Crippen LogP contribution in [-0.2, 0) is 6.54 Å². The van der Waals surface area contributed by atoms with Crippen LogP contribution in [-0.4, -0.2) is 57.8 Å². The Bertz CT molecular complexity index is 1450. The lowest BCUT2D eigenvalue weighted by atomic mass is 10.1. The number of β-amino-alcohol motifs (C(OH)–C–C–N with tert-alkyl or cyclic N) is 1. The largest absolute Gasteiger partial charge is 0.390 e. The molecular weight excluding hydrogens is 426 g/mol. The Morgan fingerprint density at radius 2 is 1.62 bits per heavy atom. The van der Waals surface area contributed by atoms with Crippen LogP contribution < -0.4 is 10.5 Å². The van der Waals surface area contributed by atoms with Crippen molar-refractivity contribution in [2.24, 2.45) is 0 Å². The maximum atomic E-state index is 12.8. The van der Waals surface area contributed by atoms with Crippen molar-refractivity contribution in [3.05, 3.63) is 81.6 Å². The van der Waals surface area contributed by atoms with Gasteiger partial charge in [0.1, 0.15) is 11.7 Å². The molecule has 1 fully saturated rings. The van der Waals surface area contributed by atoms with Crippen LogP contribution in [0, 0.1) is 25.2 Å². The summed E-state index contributed by atoms with van der Waals surface area (Å²) in [5.74, 6) is 0. The minimum atomic E-state index is -0.633. The molecule has 1 aliphatic heterocycles. The number of fused-ring (bicyclic) bond motifs is 3. The molecule has 1 aliphatic rings. The van der Waals surface area contributed by atoms with E-state index in [4.69, 9.17) is 0 Å². The van der Waals surface area contributed by atoms with Crippen molar-refractivity contribution in [1.29, 1.82) is 5.26 Å². The van der Waals surface area contributed by atoms with Crippen LogP contribution >= 0.6 is 0 Å². The second-order valence-electron chi connectivity index (χ2n) is 9.14. The highest BCUT2D eigenvalue weighted by Gasteiger charge is 2.23. The number of anilines is 1. The number of para-hydroxylation sites is 3. The Morgan fingerprint density at radius 1 is 0.941 bits per heavy atom. The SMILES string of the molecule is Cc1ccccc1N1CCN(C[C@H](O)Cn2c3ccccc3n3c(=O)cc(C)c(C#N)c23)CC1. The number of aryl methyl sites for hydroxylation is 2. The summed E-state index contributed by atoms with van der Waals surface area (Å²) in [4.78, 5) is 17.5. The third kappa shape index (κ3) is 3.85. The maximum Gasteiger partial charge on any atom is 0.257 e. The van der Waals surface area contributed by atoms with Gasteiger partial charge >= 0.3 is 0 Å². The number of nitriles is 1. The number of aliphatic hydroxyl groups excluding tert-OH is 1. The molecule has 34 heavy (non-hydrogen) atoms. The molecule has 3 heterocycles. The predicted octanol–water partition coefficient (Wildman–Crippen LogP) is 2.93. The molecule has 1 saturated heterocycles. The van der Waals surface area contributed by atoms with Gasteiger partial charge in [0.15, 0.2) is 0 Å². The fourth-order valence-electron chi connectivity index (χ4n) is 5.18. The summed E-state index contributed by atoms with van der Waals surface area (Å²) in [5, 5.41) is 20.9. The van der Waals surface area contributed by atoms with Gasteiger partial charge in [-0.15, -0.1) is 0 Å². The first-order valence-corrected chi connectivity index (χ1v) is 11.7. The topological polar surface area (TPSA) is 76.9 Å². The average Bonchev–Trinajstić information content (AvgIpc) is 3.15. The lowest BCUT2D eigenvalue weighted by molar-refractivity contribution is 0.0967. The van der Waals surface area contributed by atoms with Crippen LogP contribution in [0.15, 0.2) is 59.4 Å². The second-order valence-corrected chi connectivity index (χ2v) is 9.14. The van der Waals surface area contributed by atoms with Gasteiger partial charge < -0.3 is 14.6 Å². The van der Waals surface area contributed by atoms with Crippen LogP contribution in [0.4, 0.5) is 5.69 Å². The summed E-state index contributed by atoms with van der Waals surface area (Å²) in [5.41, 5.74) is 5.65. The van der Waals surface area contributed by atoms with Gasteiger partial charge in [-0.05, 0) is 43.2 Å². The van der Waals surface area contributed by atoms with Crippen LogP contribution in [0.2, 0.25) is 0 Å². The monoisotopic (exact) mass is 455 g/mol. The molecule has 0 bridgehead atoms. The van der Waals surface area contributed by atoms with Crippen LogP contribution in [0.3, 0.4) is 0 Å². The van der Waals surface area contributed by atoms with Gasteiger partial charge in [-0.25, -0.2) is 0 Å². The number of rotatable bonds is 5. The van der Waals surface area contributed by atoms with Gasteiger partial charge in [0, 0.05) is 44.5 Å². The average molecular weight is 456 g/mol. The molecule has 1 atom stereocenters. The highest BCUT2D eigenvalue weighted by atomic mass is 16.3. The first-order chi connectivity index (χ1) is 16.5. The molecule has 7 nitrogen and oxygen atoms in total. The molecule has 0 saturated carbocycles. The normalized spacial score (nSPS) is 15.6. The summed E-state index contributed by atoms with van der Waals surface area (Å²) in [6, 6.07) is 19.8. The van der Waals surface area contributed by atoms with Crippen LogP contribution in [0.5, 0.6) is 0 Å². The van der Waals surface area contributed by atoms with E-state index in [1.54, 1.807) is 11.3 Å². The quantitative estimate of drug-likeness (QED) is 0.501. The van der Waals surface area contributed by atoms with E-state index in [1.807, 2.05) is 28.8 Å². The number of aromatic nitrogens is 2. The molecule has 0 spiro atoms. The molecule has 5 rings (SSSR count). The van der Waals surface area contributed by atoms with E-state index in [-0.39, 0.29) is 5.56 Å². The van der Waals surface area contributed by atoms with Gasteiger partial charge in [0.05, 0.1) is 29.2 Å². The molecule has 2 aromatic carbocycles. The van der Waals surface area contributed by atoms with E-state index < -0.39 is 6.10 Å². The standard InChI is InChI=1S/C27H29N5O2/c1-19-7-3-4-8-23(19)30-13-11-29(12-14-30)17-21(33)18-31-24-9-5-6-10-25(24)32-26(34)15-20(2)22(16-28)27(31)32/h3-10,15,21,33H,11-14,17-18H2,1-2H3/t21-/m0/s1. The van der Waals surface area contributed by atoms with Crippen LogP contribution in [0.25, 0.3) is 16.7 Å². The molecule has 7 heteroatoms. The minimum absolute atomic E-state index is 0.164. The molecule has 1 N–H and O–H groups in total. The zero-order valence-electron chi connectivity index (χ0n) is 19.6.